The van der Waals surface area contributed by atoms with Gasteiger partial charge in [-0.2, -0.15) is 0 Å². The van der Waals surface area contributed by atoms with Gasteiger partial charge in [0.1, 0.15) is 0 Å². The van der Waals surface area contributed by atoms with Gasteiger partial charge in [-0.1, -0.05) is 18.2 Å². The molecule has 0 fully saturated rings. The molecule has 3 nitrogen and oxygen atoms in total. The molecule has 0 N–H and O–H groups in total. The van der Waals surface area contributed by atoms with Crippen LogP contribution in [0.2, 0.25) is 0 Å². The van der Waals surface area contributed by atoms with Crippen molar-refractivity contribution in [2.45, 2.75) is 0 Å². The molecule has 14 heavy (non-hydrogen) atoms. The van der Waals surface area contributed by atoms with Gasteiger partial charge < -0.3 is 0 Å². The van der Waals surface area contributed by atoms with Crippen molar-refractivity contribution in [3.63, 3.8) is 0 Å². The lowest BCUT2D eigenvalue weighted by Crippen LogP contribution is -2.44. The Hall–Kier alpha value is -1.48. The third-order valence-electron chi connectivity index (χ3n) is 1.93. The van der Waals surface area contributed by atoms with Crippen LogP contribution in [0.15, 0.2) is 50.4 Å². The maximum Gasteiger partial charge on any atom is 0.0571 e. The minimum absolute atomic E-state index is 0.786. The van der Waals surface area contributed by atoms with Crippen LogP contribution in [0.1, 0.15) is 0 Å². The first-order chi connectivity index (χ1) is 6.83. The maximum atomic E-state index is 3.74. The molecule has 0 aromatic rings. The highest BCUT2D eigenvalue weighted by Crippen LogP contribution is 2.13. The monoisotopic (exact) mass is 191 g/mol. The van der Waals surface area contributed by atoms with Gasteiger partial charge in [-0.25, -0.2) is 0 Å². The highest BCUT2D eigenvalue weighted by atomic mass is 15.9. The number of hydrazine groups is 2. The second-order valence-corrected chi connectivity index (χ2v) is 2.96. The number of nitrogens with zero attached hydrogens (tertiary/aromatic N) is 3. The van der Waals surface area contributed by atoms with Gasteiger partial charge in [-0.15, -0.1) is 24.9 Å². The van der Waals surface area contributed by atoms with Crippen molar-refractivity contribution in [3.8, 4) is 0 Å². The summed E-state index contributed by atoms with van der Waals surface area (Å²) in [4.78, 5) is 0. The van der Waals surface area contributed by atoms with Crippen LogP contribution < -0.4 is 0 Å². The Morgan fingerprint density at radius 3 is 1.57 bits per heavy atom. The zero-order chi connectivity index (χ0) is 10.4. The number of rotatable bonds is 6. The average molecular weight is 191 g/mol. The van der Waals surface area contributed by atoms with Crippen molar-refractivity contribution in [1.29, 1.82) is 0 Å². The highest BCUT2D eigenvalue weighted by Gasteiger charge is 2.19. The van der Waals surface area contributed by atoms with Crippen LogP contribution in [0.25, 0.3) is 0 Å². The maximum absolute atomic E-state index is 3.74. The fourth-order valence-electron chi connectivity index (χ4n) is 1.36. The first kappa shape index (κ1) is 10.6. The summed E-state index contributed by atoms with van der Waals surface area (Å²) in [6.45, 7) is 13.6. The minimum atomic E-state index is 0.786. The van der Waals surface area contributed by atoms with E-state index in [9.17, 15) is 0 Å². The van der Waals surface area contributed by atoms with Crippen LogP contribution in [0.5, 0.6) is 0 Å². The van der Waals surface area contributed by atoms with Crippen molar-refractivity contribution in [2.75, 3.05) is 19.6 Å². The Balaban J connectivity index is 2.62. The molecule has 0 unspecified atom stereocenters. The van der Waals surface area contributed by atoms with Gasteiger partial charge in [0.2, 0.25) is 0 Å². The quantitative estimate of drug-likeness (QED) is 0.592. The summed E-state index contributed by atoms with van der Waals surface area (Å²) in [7, 11) is 0. The van der Waals surface area contributed by atoms with Gasteiger partial charge in [-0.3, -0.25) is 10.0 Å². The molecular weight excluding hydrogens is 174 g/mol. The molecule has 1 aliphatic rings. The third-order valence-corrected chi connectivity index (χ3v) is 1.93. The topological polar surface area (TPSA) is 9.72 Å². The smallest absolute Gasteiger partial charge is 0.0571 e. The first-order valence-electron chi connectivity index (χ1n) is 4.65. The van der Waals surface area contributed by atoms with Gasteiger partial charge in [0.15, 0.2) is 0 Å². The lowest BCUT2D eigenvalue weighted by molar-refractivity contribution is -0.0868. The van der Waals surface area contributed by atoms with Crippen LogP contribution in [0.3, 0.4) is 0 Å². The second kappa shape index (κ2) is 5.29. The summed E-state index contributed by atoms with van der Waals surface area (Å²) < 4.78 is 0. The highest BCUT2D eigenvalue weighted by molar-refractivity contribution is 4.94. The van der Waals surface area contributed by atoms with E-state index in [2.05, 4.69) is 34.9 Å². The Labute approximate surface area is 85.8 Å². The first-order valence-corrected chi connectivity index (χ1v) is 4.65. The summed E-state index contributed by atoms with van der Waals surface area (Å²) in [5.41, 5.74) is 0. The molecule has 76 valence electrons. The van der Waals surface area contributed by atoms with Gasteiger partial charge >= 0.3 is 0 Å². The Morgan fingerprint density at radius 1 is 0.786 bits per heavy atom. The van der Waals surface area contributed by atoms with Gasteiger partial charge in [-0.05, 0) is 0 Å². The lowest BCUT2D eigenvalue weighted by Gasteiger charge is -2.33. The molecule has 0 atom stereocenters. The molecule has 0 aromatic carbocycles. The summed E-state index contributed by atoms with van der Waals surface area (Å²) in [6.07, 6.45) is 9.66. The molecule has 0 spiro atoms. The molecule has 0 saturated heterocycles. The zero-order valence-corrected chi connectivity index (χ0v) is 8.47. The fraction of sp³-hybridized carbons (Fsp3) is 0.273. The van der Waals surface area contributed by atoms with Crippen molar-refractivity contribution in [2.24, 2.45) is 0 Å². The summed E-state index contributed by atoms with van der Waals surface area (Å²) >= 11 is 0. The third kappa shape index (κ3) is 2.26. The predicted molar refractivity (Wildman–Crippen MR) is 59.8 cm³/mol. The van der Waals surface area contributed by atoms with Crippen molar-refractivity contribution in [1.82, 2.24) is 15.1 Å². The van der Waals surface area contributed by atoms with E-state index in [1.807, 2.05) is 30.6 Å². The van der Waals surface area contributed by atoms with Crippen LogP contribution in [-0.2, 0) is 0 Å². The summed E-state index contributed by atoms with van der Waals surface area (Å²) in [5.74, 6) is 0. The standard InChI is InChI=1S/C11H17N3/c1-4-7-12-10-11-13(8-5-2)14(12)9-6-3/h4-6,10-11H,1-3,7-9H2. The van der Waals surface area contributed by atoms with Gasteiger partial charge in [0.05, 0.1) is 19.6 Å². The average Bonchev–Trinajstić information content (AvgIpc) is 2.52. The van der Waals surface area contributed by atoms with Crippen molar-refractivity contribution in [3.05, 3.63) is 50.4 Å². The molecule has 1 rings (SSSR count). The van der Waals surface area contributed by atoms with Crippen molar-refractivity contribution < 1.29 is 0 Å². The molecule has 0 aliphatic carbocycles. The van der Waals surface area contributed by atoms with E-state index in [4.69, 9.17) is 0 Å². The van der Waals surface area contributed by atoms with Crippen LogP contribution in [0, 0.1) is 0 Å². The molecule has 0 bridgehead atoms. The molecular formula is C11H17N3. The van der Waals surface area contributed by atoms with E-state index in [0.29, 0.717) is 0 Å². The predicted octanol–water partition coefficient (Wildman–Crippen LogP) is 1.77. The second-order valence-electron chi connectivity index (χ2n) is 2.96. The molecule has 0 radical (unpaired) electrons. The molecule has 0 saturated carbocycles. The minimum Gasteiger partial charge on any atom is -0.290 e. The van der Waals surface area contributed by atoms with E-state index >= 15 is 0 Å². The SMILES string of the molecule is C=CCN1C=CN(CC=C)N1CC=C. The summed E-state index contributed by atoms with van der Waals surface area (Å²) in [6, 6.07) is 0. The number of hydrogen-bond donors (Lipinski definition) is 0. The largest absolute Gasteiger partial charge is 0.290 e. The lowest BCUT2D eigenvalue weighted by atomic mass is 10.6. The Bertz CT molecular complexity index is 225. The van der Waals surface area contributed by atoms with E-state index in [0.717, 1.165) is 19.6 Å². The van der Waals surface area contributed by atoms with E-state index < -0.39 is 0 Å². The van der Waals surface area contributed by atoms with Crippen LogP contribution >= 0.6 is 0 Å². The van der Waals surface area contributed by atoms with Crippen molar-refractivity contribution >= 4 is 0 Å². The van der Waals surface area contributed by atoms with Gasteiger partial charge in [0, 0.05) is 12.4 Å². The fourth-order valence-corrected chi connectivity index (χ4v) is 1.36. The zero-order valence-electron chi connectivity index (χ0n) is 8.47. The summed E-state index contributed by atoms with van der Waals surface area (Å²) in [5, 5.41) is 6.26. The molecule has 3 heteroatoms. The number of hydrogen-bond acceptors (Lipinski definition) is 3. The van der Waals surface area contributed by atoms with Crippen LogP contribution in [0.4, 0.5) is 0 Å². The van der Waals surface area contributed by atoms with Gasteiger partial charge in [0.25, 0.3) is 0 Å². The van der Waals surface area contributed by atoms with E-state index in [1.165, 1.54) is 0 Å². The Morgan fingerprint density at radius 2 is 1.21 bits per heavy atom. The molecule has 0 aromatic heterocycles. The van der Waals surface area contributed by atoms with E-state index in [-0.39, 0.29) is 0 Å². The Kier molecular flexibility index (Phi) is 4.01. The molecule has 1 heterocycles. The van der Waals surface area contributed by atoms with E-state index in [1.54, 1.807) is 0 Å². The molecule has 1 aliphatic heterocycles. The molecule has 0 amide bonds. The van der Waals surface area contributed by atoms with Crippen LogP contribution in [-0.4, -0.2) is 34.8 Å². The normalized spacial score (nSPS) is 16.0.